The molecule has 0 saturated heterocycles. The maximum atomic E-state index is 11.3. The molecule has 6 heteroatoms. The van der Waals surface area contributed by atoms with E-state index in [-0.39, 0.29) is 13.0 Å². The number of aryl methyl sites for hydroxylation is 2. The first-order valence-electron chi connectivity index (χ1n) is 5.86. The maximum absolute atomic E-state index is 11.3. The lowest BCUT2D eigenvalue weighted by Crippen LogP contribution is -2.18. The third-order valence-corrected chi connectivity index (χ3v) is 2.95. The number of nitrogens with zero attached hydrogens (tertiary/aromatic N) is 1. The molecule has 2 rings (SSSR count). The minimum Gasteiger partial charge on any atom is -0.481 e. The normalized spacial score (nSPS) is 13.1. The van der Waals surface area contributed by atoms with E-state index in [1.165, 1.54) is 0 Å². The van der Waals surface area contributed by atoms with Crippen LogP contribution in [0.25, 0.3) is 0 Å². The highest BCUT2D eigenvalue weighted by Gasteiger charge is 2.18. The second-order valence-electron chi connectivity index (χ2n) is 4.28. The van der Waals surface area contributed by atoms with E-state index in [4.69, 9.17) is 10.8 Å². The molecule has 96 valence electrons. The molecule has 1 amide bonds. The van der Waals surface area contributed by atoms with E-state index < -0.39 is 11.9 Å². The molecule has 0 bridgehead atoms. The molecule has 0 fully saturated rings. The Balaban J connectivity index is 2.21. The van der Waals surface area contributed by atoms with Gasteiger partial charge in [-0.1, -0.05) is 0 Å². The van der Waals surface area contributed by atoms with Crippen LogP contribution >= 0.6 is 0 Å². The van der Waals surface area contributed by atoms with E-state index in [0.717, 1.165) is 30.5 Å². The molecule has 1 aromatic rings. The number of fused-ring (bicyclic) bond motifs is 1. The molecule has 0 radical (unpaired) electrons. The molecule has 4 N–H and O–H groups in total. The van der Waals surface area contributed by atoms with Crippen molar-refractivity contribution < 1.29 is 14.7 Å². The number of carboxylic acid groups (broad SMARTS) is 1. The van der Waals surface area contributed by atoms with Crippen molar-refractivity contribution in [3.05, 3.63) is 22.9 Å². The van der Waals surface area contributed by atoms with Gasteiger partial charge in [-0.2, -0.15) is 0 Å². The van der Waals surface area contributed by atoms with Gasteiger partial charge in [0.05, 0.1) is 12.0 Å². The number of anilines is 1. The molecule has 1 heterocycles. The van der Waals surface area contributed by atoms with Crippen LogP contribution in [-0.4, -0.2) is 28.5 Å². The summed E-state index contributed by atoms with van der Waals surface area (Å²) in [6.45, 7) is 0.224. The van der Waals surface area contributed by atoms with Crippen molar-refractivity contribution in [2.75, 3.05) is 11.9 Å². The minimum absolute atomic E-state index is 0.0308. The first-order chi connectivity index (χ1) is 8.58. The van der Waals surface area contributed by atoms with Crippen molar-refractivity contribution in [2.45, 2.75) is 25.7 Å². The lowest BCUT2D eigenvalue weighted by atomic mass is 10.1. The number of primary amides is 1. The van der Waals surface area contributed by atoms with Gasteiger partial charge in [-0.15, -0.1) is 0 Å². The van der Waals surface area contributed by atoms with Crippen LogP contribution < -0.4 is 11.1 Å². The molecule has 0 saturated carbocycles. The zero-order valence-corrected chi connectivity index (χ0v) is 9.90. The first kappa shape index (κ1) is 12.3. The topological polar surface area (TPSA) is 105 Å². The number of nitrogens with one attached hydrogen (secondary N) is 1. The van der Waals surface area contributed by atoms with Gasteiger partial charge in [0.2, 0.25) is 0 Å². The number of carbonyl (C=O) groups is 2. The van der Waals surface area contributed by atoms with E-state index in [0.29, 0.717) is 11.4 Å². The van der Waals surface area contributed by atoms with Crippen LogP contribution in [0.15, 0.2) is 6.07 Å². The number of pyridine rings is 1. The Morgan fingerprint density at radius 3 is 2.89 bits per heavy atom. The monoisotopic (exact) mass is 249 g/mol. The van der Waals surface area contributed by atoms with Crippen LogP contribution in [0.3, 0.4) is 0 Å². The molecule has 1 aliphatic rings. The number of aliphatic carboxylic acids is 1. The van der Waals surface area contributed by atoms with Crippen LogP contribution in [0.5, 0.6) is 0 Å². The van der Waals surface area contributed by atoms with Crippen molar-refractivity contribution in [3.8, 4) is 0 Å². The summed E-state index contributed by atoms with van der Waals surface area (Å²) in [5.74, 6) is -1.05. The van der Waals surface area contributed by atoms with Gasteiger partial charge in [-0.3, -0.25) is 9.59 Å². The van der Waals surface area contributed by atoms with Crippen LogP contribution in [0.4, 0.5) is 5.82 Å². The highest BCUT2D eigenvalue weighted by atomic mass is 16.4. The molecule has 0 spiro atoms. The van der Waals surface area contributed by atoms with Crippen molar-refractivity contribution in [1.82, 2.24) is 4.98 Å². The van der Waals surface area contributed by atoms with Crippen molar-refractivity contribution >= 4 is 17.7 Å². The predicted molar refractivity (Wildman–Crippen MR) is 65.5 cm³/mol. The number of hydrogen-bond donors (Lipinski definition) is 3. The Kier molecular flexibility index (Phi) is 3.45. The average molecular weight is 249 g/mol. The van der Waals surface area contributed by atoms with Crippen LogP contribution in [0, 0.1) is 0 Å². The van der Waals surface area contributed by atoms with Gasteiger partial charge in [0.15, 0.2) is 0 Å². The van der Waals surface area contributed by atoms with Gasteiger partial charge >= 0.3 is 5.97 Å². The second-order valence-corrected chi connectivity index (χ2v) is 4.28. The van der Waals surface area contributed by atoms with E-state index in [9.17, 15) is 9.59 Å². The third-order valence-electron chi connectivity index (χ3n) is 2.95. The van der Waals surface area contributed by atoms with Crippen LogP contribution in [0.1, 0.15) is 34.5 Å². The summed E-state index contributed by atoms with van der Waals surface area (Å²) in [4.78, 5) is 26.2. The van der Waals surface area contributed by atoms with Gasteiger partial charge in [-0.25, -0.2) is 4.98 Å². The highest BCUT2D eigenvalue weighted by molar-refractivity contribution is 5.97. The van der Waals surface area contributed by atoms with E-state index in [1.807, 2.05) is 0 Å². The Morgan fingerprint density at radius 2 is 2.22 bits per heavy atom. The Bertz CT molecular complexity index is 500. The number of carbonyl (C=O) groups excluding carboxylic acids is 1. The van der Waals surface area contributed by atoms with Crippen molar-refractivity contribution in [1.29, 1.82) is 0 Å². The number of hydrogen-bond acceptors (Lipinski definition) is 4. The van der Waals surface area contributed by atoms with Crippen molar-refractivity contribution in [3.63, 3.8) is 0 Å². The number of amides is 1. The van der Waals surface area contributed by atoms with Gasteiger partial charge in [0.1, 0.15) is 5.82 Å². The van der Waals surface area contributed by atoms with Gasteiger partial charge < -0.3 is 16.2 Å². The van der Waals surface area contributed by atoms with Gasteiger partial charge in [0, 0.05) is 12.2 Å². The minimum atomic E-state index is -0.899. The lowest BCUT2D eigenvalue weighted by molar-refractivity contribution is -0.136. The Hall–Kier alpha value is -2.11. The largest absolute Gasteiger partial charge is 0.481 e. The summed E-state index contributed by atoms with van der Waals surface area (Å²) in [7, 11) is 0. The van der Waals surface area contributed by atoms with Crippen molar-refractivity contribution in [2.24, 2.45) is 5.73 Å². The fourth-order valence-corrected chi connectivity index (χ4v) is 2.08. The molecule has 6 nitrogen and oxygen atoms in total. The molecule has 1 aliphatic carbocycles. The quantitative estimate of drug-likeness (QED) is 0.707. The van der Waals surface area contributed by atoms with Crippen LogP contribution in [-0.2, 0) is 17.6 Å². The molecule has 1 aromatic heterocycles. The van der Waals surface area contributed by atoms with E-state index in [2.05, 4.69) is 10.3 Å². The summed E-state index contributed by atoms with van der Waals surface area (Å²) < 4.78 is 0. The average Bonchev–Trinajstić information content (AvgIpc) is 2.74. The van der Waals surface area contributed by atoms with E-state index >= 15 is 0 Å². The standard InChI is InChI=1S/C12H15N3O3/c13-11(18)8-6-7-2-1-3-9(7)15-12(8)14-5-4-10(16)17/h6H,1-5H2,(H2,13,18)(H,14,15)(H,16,17). The number of nitrogens with two attached hydrogens (primary N) is 1. The Labute approximate surface area is 104 Å². The molecule has 0 aromatic carbocycles. The summed E-state index contributed by atoms with van der Waals surface area (Å²) >= 11 is 0. The van der Waals surface area contributed by atoms with Gasteiger partial charge in [-0.05, 0) is 30.9 Å². The summed E-state index contributed by atoms with van der Waals surface area (Å²) in [5, 5.41) is 11.4. The highest BCUT2D eigenvalue weighted by Crippen LogP contribution is 2.25. The number of aromatic nitrogens is 1. The fraction of sp³-hybridized carbons (Fsp3) is 0.417. The second kappa shape index (κ2) is 5.03. The molecule has 0 aliphatic heterocycles. The fourth-order valence-electron chi connectivity index (χ4n) is 2.08. The zero-order valence-electron chi connectivity index (χ0n) is 9.90. The zero-order chi connectivity index (χ0) is 13.1. The molecule has 18 heavy (non-hydrogen) atoms. The third kappa shape index (κ3) is 2.58. The summed E-state index contributed by atoms with van der Waals surface area (Å²) in [5.41, 5.74) is 7.67. The molecular formula is C12H15N3O3. The maximum Gasteiger partial charge on any atom is 0.305 e. The van der Waals surface area contributed by atoms with Gasteiger partial charge in [0.25, 0.3) is 5.91 Å². The number of carboxylic acids is 1. The number of rotatable bonds is 5. The molecule has 0 unspecified atom stereocenters. The van der Waals surface area contributed by atoms with E-state index in [1.54, 1.807) is 6.07 Å². The molecule has 0 atom stereocenters. The predicted octanol–water partition coefficient (Wildman–Crippen LogP) is 0.556. The molecular weight excluding hydrogens is 234 g/mol. The Morgan fingerprint density at radius 1 is 1.44 bits per heavy atom. The first-order valence-corrected chi connectivity index (χ1v) is 5.86. The summed E-state index contributed by atoms with van der Waals surface area (Å²) in [6.07, 6.45) is 2.80. The SMILES string of the molecule is NC(=O)c1cc2c(nc1NCCC(=O)O)CCC2. The lowest BCUT2D eigenvalue weighted by Gasteiger charge is -2.10. The summed E-state index contributed by atoms with van der Waals surface area (Å²) in [6, 6.07) is 1.76. The van der Waals surface area contributed by atoms with Crippen LogP contribution in [0.2, 0.25) is 0 Å². The smallest absolute Gasteiger partial charge is 0.305 e.